The summed E-state index contributed by atoms with van der Waals surface area (Å²) in [5.41, 5.74) is 5.45. The molecule has 8 nitrogen and oxygen atoms in total. The zero-order valence-corrected chi connectivity index (χ0v) is 23.1. The zero-order valence-electron chi connectivity index (χ0n) is 23.1. The molecule has 3 unspecified atom stereocenters. The Balaban J connectivity index is 1.16. The van der Waals surface area contributed by atoms with Crippen molar-refractivity contribution in [2.45, 2.75) is 50.9 Å². The third kappa shape index (κ3) is 7.13. The number of nitrogens with one attached hydrogen (secondary N) is 2. The molecule has 0 aliphatic heterocycles. The molecule has 3 atom stereocenters. The number of hydrogen-bond acceptors (Lipinski definition) is 5. The average molecular weight is 557 g/mol. The molecule has 2 aliphatic carbocycles. The predicted octanol–water partition coefficient (Wildman–Crippen LogP) is 5.12. The van der Waals surface area contributed by atoms with Crippen LogP contribution in [0.15, 0.2) is 78.9 Å². The van der Waals surface area contributed by atoms with E-state index in [9.17, 15) is 19.5 Å². The number of rotatable bonds is 13. The van der Waals surface area contributed by atoms with Crippen LogP contribution >= 0.6 is 0 Å². The molecule has 0 radical (unpaired) electrons. The van der Waals surface area contributed by atoms with E-state index in [4.69, 9.17) is 9.47 Å². The van der Waals surface area contributed by atoms with Crippen LogP contribution in [0.5, 0.6) is 0 Å². The average Bonchev–Trinajstić information content (AvgIpc) is 3.76. The van der Waals surface area contributed by atoms with Gasteiger partial charge in [-0.1, -0.05) is 91.7 Å². The van der Waals surface area contributed by atoms with E-state index in [1.807, 2.05) is 54.6 Å². The van der Waals surface area contributed by atoms with E-state index in [1.165, 1.54) is 0 Å². The van der Waals surface area contributed by atoms with Gasteiger partial charge in [-0.25, -0.2) is 9.59 Å². The number of ether oxygens (including phenoxy) is 2. The number of hydrogen-bond donors (Lipinski definition) is 3. The third-order valence-corrected chi connectivity index (χ3v) is 7.91. The highest BCUT2D eigenvalue weighted by Crippen LogP contribution is 2.44. The maximum absolute atomic E-state index is 13.2. The van der Waals surface area contributed by atoms with Gasteiger partial charge in [0.05, 0.1) is 18.6 Å². The number of carboxylic acids is 1. The summed E-state index contributed by atoms with van der Waals surface area (Å²) >= 11 is 0. The Kier molecular flexibility index (Phi) is 8.99. The van der Waals surface area contributed by atoms with Crippen molar-refractivity contribution in [2.24, 2.45) is 11.8 Å². The highest BCUT2D eigenvalue weighted by Gasteiger charge is 2.34. The third-order valence-electron chi connectivity index (χ3n) is 7.91. The standard InChI is InChI=1S/C33H36N2O6/c1-21(40-19-23-9-3-2-4-10-23)30(32(37)38)35-31(36)24(17-22-15-16-22)18-34-33(39)41-20-29-27-13-7-5-11-25(27)26-12-6-8-14-28(26)29/h2-14,21-22,24,29-30H,15-20H2,1H3,(H,34,39)(H,35,36)(H,37,38). The van der Waals surface area contributed by atoms with Gasteiger partial charge < -0.3 is 25.2 Å². The molecule has 5 rings (SSSR count). The second kappa shape index (κ2) is 13.0. The number of carbonyl (C=O) groups excluding carboxylic acids is 2. The monoisotopic (exact) mass is 556 g/mol. The molecule has 0 spiro atoms. The van der Waals surface area contributed by atoms with Crippen LogP contribution in [0.25, 0.3) is 11.1 Å². The number of alkyl carbamates (subject to hydrolysis) is 1. The molecule has 1 fully saturated rings. The number of aliphatic carboxylic acids is 1. The zero-order chi connectivity index (χ0) is 28.8. The van der Waals surface area contributed by atoms with Crippen molar-refractivity contribution >= 4 is 18.0 Å². The van der Waals surface area contributed by atoms with Crippen LogP contribution in [-0.4, -0.2) is 48.4 Å². The SMILES string of the molecule is CC(OCc1ccccc1)C(NC(=O)C(CNC(=O)OCC1c2ccccc2-c2ccccc21)CC1CC1)C(=O)O. The van der Waals surface area contributed by atoms with E-state index in [1.54, 1.807) is 6.92 Å². The Labute approximate surface area is 240 Å². The largest absolute Gasteiger partial charge is 0.480 e. The summed E-state index contributed by atoms with van der Waals surface area (Å²) in [7, 11) is 0. The first kappa shape index (κ1) is 28.4. The molecule has 2 amide bonds. The Morgan fingerprint density at radius 3 is 2.12 bits per heavy atom. The number of fused-ring (bicyclic) bond motifs is 3. The van der Waals surface area contributed by atoms with Crippen LogP contribution in [0.1, 0.15) is 48.8 Å². The van der Waals surface area contributed by atoms with Gasteiger partial charge >= 0.3 is 12.1 Å². The number of benzene rings is 3. The van der Waals surface area contributed by atoms with Crippen LogP contribution in [0.3, 0.4) is 0 Å². The Hall–Kier alpha value is -4.17. The summed E-state index contributed by atoms with van der Waals surface area (Å²) in [5.74, 6) is -1.84. The summed E-state index contributed by atoms with van der Waals surface area (Å²) in [6.45, 7) is 2.10. The minimum Gasteiger partial charge on any atom is -0.480 e. The van der Waals surface area contributed by atoms with Gasteiger partial charge in [0.15, 0.2) is 6.04 Å². The van der Waals surface area contributed by atoms with Gasteiger partial charge in [0.25, 0.3) is 0 Å². The Morgan fingerprint density at radius 2 is 1.51 bits per heavy atom. The van der Waals surface area contributed by atoms with Crippen molar-refractivity contribution in [1.29, 1.82) is 0 Å². The lowest BCUT2D eigenvalue weighted by atomic mass is 9.98. The summed E-state index contributed by atoms with van der Waals surface area (Å²) < 4.78 is 11.4. The molecule has 0 heterocycles. The topological polar surface area (TPSA) is 114 Å². The summed E-state index contributed by atoms with van der Waals surface area (Å²) in [5, 5.41) is 15.2. The molecule has 3 aromatic rings. The first-order valence-corrected chi connectivity index (χ1v) is 14.2. The summed E-state index contributed by atoms with van der Waals surface area (Å²) in [4.78, 5) is 38.0. The van der Waals surface area contributed by atoms with Crippen molar-refractivity contribution in [2.75, 3.05) is 13.2 Å². The molecule has 3 N–H and O–H groups in total. The van der Waals surface area contributed by atoms with Crippen molar-refractivity contribution in [3.8, 4) is 11.1 Å². The van der Waals surface area contributed by atoms with E-state index in [2.05, 4.69) is 34.9 Å². The summed E-state index contributed by atoms with van der Waals surface area (Å²) in [6, 6.07) is 24.5. The maximum atomic E-state index is 13.2. The highest BCUT2D eigenvalue weighted by atomic mass is 16.5. The van der Waals surface area contributed by atoms with Crippen molar-refractivity contribution in [1.82, 2.24) is 10.6 Å². The van der Waals surface area contributed by atoms with Gasteiger partial charge in [0, 0.05) is 12.5 Å². The first-order chi connectivity index (χ1) is 19.9. The second-order valence-corrected chi connectivity index (χ2v) is 10.9. The lowest BCUT2D eigenvalue weighted by molar-refractivity contribution is -0.147. The molecule has 0 saturated heterocycles. The lowest BCUT2D eigenvalue weighted by Crippen LogP contribution is -2.51. The quantitative estimate of drug-likeness (QED) is 0.269. The number of carboxylic acid groups (broad SMARTS) is 1. The van der Waals surface area contributed by atoms with Crippen LogP contribution in [-0.2, 0) is 25.7 Å². The van der Waals surface area contributed by atoms with E-state index in [-0.39, 0.29) is 25.7 Å². The lowest BCUT2D eigenvalue weighted by Gasteiger charge is -2.25. The molecule has 0 aromatic heterocycles. The van der Waals surface area contributed by atoms with Crippen LogP contribution in [0.4, 0.5) is 4.79 Å². The van der Waals surface area contributed by atoms with E-state index >= 15 is 0 Å². The van der Waals surface area contributed by atoms with Crippen LogP contribution in [0.2, 0.25) is 0 Å². The highest BCUT2D eigenvalue weighted by molar-refractivity contribution is 5.86. The van der Waals surface area contributed by atoms with E-state index in [0.717, 1.165) is 40.7 Å². The number of carbonyl (C=O) groups is 3. The van der Waals surface area contributed by atoms with Gasteiger partial charge in [-0.05, 0) is 47.1 Å². The van der Waals surface area contributed by atoms with Gasteiger partial charge in [-0.2, -0.15) is 0 Å². The normalized spacial score (nSPS) is 16.1. The van der Waals surface area contributed by atoms with Crippen LogP contribution in [0, 0.1) is 11.8 Å². The smallest absolute Gasteiger partial charge is 0.407 e. The van der Waals surface area contributed by atoms with Gasteiger partial charge in [-0.3, -0.25) is 4.79 Å². The molecule has 1 saturated carbocycles. The van der Waals surface area contributed by atoms with Crippen molar-refractivity contribution < 1.29 is 29.0 Å². The molecule has 8 heteroatoms. The fraction of sp³-hybridized carbons (Fsp3) is 0.364. The number of amides is 2. The van der Waals surface area contributed by atoms with Gasteiger partial charge in [0.1, 0.15) is 6.61 Å². The molecule has 214 valence electrons. The predicted molar refractivity (Wildman–Crippen MR) is 154 cm³/mol. The molecule has 3 aromatic carbocycles. The second-order valence-electron chi connectivity index (χ2n) is 10.9. The fourth-order valence-corrected chi connectivity index (χ4v) is 5.44. The molecule has 2 aliphatic rings. The molecule has 41 heavy (non-hydrogen) atoms. The van der Waals surface area contributed by atoms with Crippen molar-refractivity contribution in [3.63, 3.8) is 0 Å². The van der Waals surface area contributed by atoms with Crippen LogP contribution < -0.4 is 10.6 Å². The van der Waals surface area contributed by atoms with E-state index in [0.29, 0.717) is 12.3 Å². The van der Waals surface area contributed by atoms with E-state index < -0.39 is 36.0 Å². The van der Waals surface area contributed by atoms with Gasteiger partial charge in [-0.15, -0.1) is 0 Å². The van der Waals surface area contributed by atoms with Gasteiger partial charge in [0.2, 0.25) is 5.91 Å². The molecule has 0 bridgehead atoms. The maximum Gasteiger partial charge on any atom is 0.407 e. The minimum absolute atomic E-state index is 0.0601. The molecular formula is C33H36N2O6. The fourth-order valence-electron chi connectivity index (χ4n) is 5.44. The minimum atomic E-state index is -1.22. The Bertz CT molecular complexity index is 1330. The first-order valence-electron chi connectivity index (χ1n) is 14.2. The summed E-state index contributed by atoms with van der Waals surface area (Å²) in [6.07, 6.45) is 1.26. The molecular weight excluding hydrogens is 520 g/mol. The Morgan fingerprint density at radius 1 is 0.902 bits per heavy atom. The van der Waals surface area contributed by atoms with Crippen molar-refractivity contribution in [3.05, 3.63) is 95.6 Å².